The second kappa shape index (κ2) is 9.26. The van der Waals surface area contributed by atoms with E-state index in [9.17, 15) is 18.4 Å². The van der Waals surface area contributed by atoms with E-state index in [0.717, 1.165) is 40.9 Å². The Hall–Kier alpha value is -3.73. The van der Waals surface area contributed by atoms with Crippen LogP contribution in [-0.4, -0.2) is 74.6 Å². The van der Waals surface area contributed by atoms with Gasteiger partial charge in [0.15, 0.2) is 0 Å². The molecule has 0 saturated carbocycles. The molecule has 0 N–H and O–H groups in total. The van der Waals surface area contributed by atoms with E-state index in [0.29, 0.717) is 38.3 Å². The van der Waals surface area contributed by atoms with E-state index in [1.54, 1.807) is 4.90 Å². The molecule has 0 unspecified atom stereocenters. The van der Waals surface area contributed by atoms with Crippen LogP contribution in [-0.2, 0) is 29.0 Å². The molecule has 0 spiro atoms. The molecule has 176 valence electrons. The van der Waals surface area contributed by atoms with Gasteiger partial charge in [0.05, 0.1) is 12.0 Å². The molecule has 1 fully saturated rings. The van der Waals surface area contributed by atoms with E-state index in [2.05, 4.69) is 20.4 Å². The molecule has 2 aliphatic rings. The smallest absolute Gasteiger partial charge is 0.338 e. The number of nitrogens with zero attached hydrogens (tertiary/aromatic N) is 6. The first-order chi connectivity index (χ1) is 16.5. The summed E-state index contributed by atoms with van der Waals surface area (Å²) in [5, 5.41) is 10.4. The van der Waals surface area contributed by atoms with Crippen LogP contribution in [0.25, 0.3) is 5.69 Å². The van der Waals surface area contributed by atoms with Gasteiger partial charge in [-0.05, 0) is 34.5 Å². The minimum Gasteiger partial charge on any atom is -0.457 e. The highest BCUT2D eigenvalue weighted by Gasteiger charge is 2.24. The van der Waals surface area contributed by atoms with Gasteiger partial charge in [-0.1, -0.05) is 12.1 Å². The maximum absolute atomic E-state index is 14.5. The van der Waals surface area contributed by atoms with E-state index < -0.39 is 11.6 Å². The van der Waals surface area contributed by atoms with Gasteiger partial charge in [-0.2, -0.15) is 4.68 Å². The molecule has 1 aromatic heterocycles. The van der Waals surface area contributed by atoms with E-state index in [4.69, 9.17) is 4.74 Å². The first-order valence-corrected chi connectivity index (χ1v) is 11.0. The van der Waals surface area contributed by atoms with Gasteiger partial charge in [-0.25, -0.2) is 13.6 Å². The normalized spacial score (nSPS) is 15.9. The van der Waals surface area contributed by atoms with Crippen molar-refractivity contribution in [3.63, 3.8) is 0 Å². The Morgan fingerprint density at radius 2 is 1.88 bits per heavy atom. The zero-order chi connectivity index (χ0) is 23.7. The number of ether oxygens (including phenoxy) is 1. The number of piperazine rings is 1. The second-order valence-electron chi connectivity index (χ2n) is 8.37. The molecule has 11 heteroatoms. The van der Waals surface area contributed by atoms with Gasteiger partial charge >= 0.3 is 5.97 Å². The second-order valence-corrected chi connectivity index (χ2v) is 8.37. The van der Waals surface area contributed by atoms with Crippen LogP contribution >= 0.6 is 0 Å². The van der Waals surface area contributed by atoms with Gasteiger partial charge < -0.3 is 9.64 Å². The molecule has 1 amide bonds. The highest BCUT2D eigenvalue weighted by molar-refractivity contribution is 5.93. The third-order valence-electron chi connectivity index (χ3n) is 6.24. The largest absolute Gasteiger partial charge is 0.457 e. The number of benzene rings is 2. The molecule has 3 aromatic rings. The van der Waals surface area contributed by atoms with Crippen LogP contribution in [0.2, 0.25) is 0 Å². The van der Waals surface area contributed by atoms with Gasteiger partial charge in [0.2, 0.25) is 5.91 Å². The number of tetrazole rings is 1. The van der Waals surface area contributed by atoms with E-state index in [1.807, 2.05) is 18.2 Å². The zero-order valence-corrected chi connectivity index (χ0v) is 18.3. The average molecular weight is 468 g/mol. The molecule has 2 aromatic carbocycles. The molecular formula is C23H22F2N6O3. The van der Waals surface area contributed by atoms with Gasteiger partial charge in [-0.15, -0.1) is 5.10 Å². The lowest BCUT2D eigenvalue weighted by Crippen LogP contribution is -2.49. The van der Waals surface area contributed by atoms with Crippen molar-refractivity contribution in [1.29, 1.82) is 0 Å². The standard InChI is InChI=1S/C23H22F2N6O3/c24-19-12-21(31-14-26-27-28-31)20(25)10-16(19)11-22(32)30-7-5-29(6-8-30)4-3-15-1-2-18-17(9-15)13-34-23(18)33/h1-2,9-10,12,14H,3-8,11,13H2. The molecule has 1 saturated heterocycles. The molecular weight excluding hydrogens is 446 g/mol. The topological polar surface area (TPSA) is 93.5 Å². The number of carbonyl (C=O) groups excluding carboxylic acids is 2. The molecule has 0 radical (unpaired) electrons. The Morgan fingerprint density at radius 1 is 1.06 bits per heavy atom. The lowest BCUT2D eigenvalue weighted by molar-refractivity contribution is -0.132. The molecule has 9 nitrogen and oxygen atoms in total. The minimum atomic E-state index is -0.705. The van der Waals surface area contributed by atoms with Crippen molar-refractivity contribution in [2.45, 2.75) is 19.4 Å². The first kappa shape index (κ1) is 22.1. The average Bonchev–Trinajstić information content (AvgIpc) is 3.50. The summed E-state index contributed by atoms with van der Waals surface area (Å²) >= 11 is 0. The number of rotatable bonds is 6. The first-order valence-electron chi connectivity index (χ1n) is 11.0. The Bertz CT molecular complexity index is 1230. The lowest BCUT2D eigenvalue weighted by atomic mass is 10.0. The number of cyclic esters (lactones) is 1. The quantitative estimate of drug-likeness (QED) is 0.507. The zero-order valence-electron chi connectivity index (χ0n) is 18.3. The fourth-order valence-corrected chi connectivity index (χ4v) is 4.29. The molecule has 34 heavy (non-hydrogen) atoms. The summed E-state index contributed by atoms with van der Waals surface area (Å²) < 4.78 is 35.0. The highest BCUT2D eigenvalue weighted by Crippen LogP contribution is 2.22. The fourth-order valence-electron chi connectivity index (χ4n) is 4.29. The van der Waals surface area contributed by atoms with Crippen LogP contribution < -0.4 is 0 Å². The van der Waals surface area contributed by atoms with Crippen molar-refractivity contribution in [3.8, 4) is 5.69 Å². The third kappa shape index (κ3) is 4.51. The number of amides is 1. The van der Waals surface area contributed by atoms with Crippen molar-refractivity contribution in [2.24, 2.45) is 0 Å². The molecule has 2 aliphatic heterocycles. The number of aromatic nitrogens is 4. The number of halogens is 2. The van der Waals surface area contributed by atoms with E-state index >= 15 is 0 Å². The number of hydrogen-bond donors (Lipinski definition) is 0. The molecule has 0 aliphatic carbocycles. The number of hydrogen-bond acceptors (Lipinski definition) is 7. The lowest BCUT2D eigenvalue weighted by Gasteiger charge is -2.35. The van der Waals surface area contributed by atoms with Gasteiger partial charge in [0.25, 0.3) is 0 Å². The Kier molecular flexibility index (Phi) is 6.01. The number of esters is 1. The molecule has 0 atom stereocenters. The third-order valence-corrected chi connectivity index (χ3v) is 6.24. The van der Waals surface area contributed by atoms with Crippen molar-refractivity contribution in [3.05, 3.63) is 70.5 Å². The summed E-state index contributed by atoms with van der Waals surface area (Å²) in [6.45, 7) is 3.61. The highest BCUT2D eigenvalue weighted by atomic mass is 19.1. The Balaban J connectivity index is 1.13. The summed E-state index contributed by atoms with van der Waals surface area (Å²) in [5.74, 6) is -1.89. The molecule has 0 bridgehead atoms. The predicted molar refractivity (Wildman–Crippen MR) is 115 cm³/mol. The van der Waals surface area contributed by atoms with Crippen LogP contribution in [0.4, 0.5) is 8.78 Å². The fraction of sp³-hybridized carbons (Fsp3) is 0.348. The SMILES string of the molecule is O=C1OCc2cc(CCN3CCN(C(=O)Cc4cc(F)c(-n5cnnn5)cc4F)CC3)ccc21. The number of carbonyl (C=O) groups is 2. The van der Waals surface area contributed by atoms with Crippen LogP contribution in [0, 0.1) is 11.6 Å². The van der Waals surface area contributed by atoms with Crippen molar-refractivity contribution in [1.82, 2.24) is 30.0 Å². The van der Waals surface area contributed by atoms with Crippen molar-refractivity contribution >= 4 is 11.9 Å². The maximum atomic E-state index is 14.5. The Labute approximate surface area is 193 Å². The summed E-state index contributed by atoms with van der Waals surface area (Å²) in [6.07, 6.45) is 1.78. The van der Waals surface area contributed by atoms with E-state index in [1.165, 1.54) is 6.33 Å². The summed E-state index contributed by atoms with van der Waals surface area (Å²) in [5.41, 5.74) is 2.58. The summed E-state index contributed by atoms with van der Waals surface area (Å²) in [7, 11) is 0. The van der Waals surface area contributed by atoms with Crippen LogP contribution in [0.1, 0.15) is 27.0 Å². The molecule has 3 heterocycles. The van der Waals surface area contributed by atoms with Crippen molar-refractivity contribution in [2.75, 3.05) is 32.7 Å². The molecule has 5 rings (SSSR count). The minimum absolute atomic E-state index is 0.000764. The monoisotopic (exact) mass is 468 g/mol. The summed E-state index contributed by atoms with van der Waals surface area (Å²) in [4.78, 5) is 28.2. The number of fused-ring (bicyclic) bond motifs is 1. The van der Waals surface area contributed by atoms with Crippen LogP contribution in [0.3, 0.4) is 0 Å². The van der Waals surface area contributed by atoms with Gasteiger partial charge in [0.1, 0.15) is 30.3 Å². The van der Waals surface area contributed by atoms with E-state index in [-0.39, 0.29) is 29.5 Å². The van der Waals surface area contributed by atoms with Crippen LogP contribution in [0.5, 0.6) is 0 Å². The maximum Gasteiger partial charge on any atom is 0.338 e. The predicted octanol–water partition coefficient (Wildman–Crippen LogP) is 1.54. The van der Waals surface area contributed by atoms with Crippen molar-refractivity contribution < 1.29 is 23.1 Å². The Morgan fingerprint density at radius 3 is 2.65 bits per heavy atom. The van der Waals surface area contributed by atoms with Gasteiger partial charge in [-0.3, -0.25) is 9.69 Å². The summed E-state index contributed by atoms with van der Waals surface area (Å²) in [6, 6.07) is 7.79. The van der Waals surface area contributed by atoms with Gasteiger partial charge in [0, 0.05) is 49.9 Å². The van der Waals surface area contributed by atoms with Crippen LogP contribution in [0.15, 0.2) is 36.7 Å².